The van der Waals surface area contributed by atoms with E-state index in [2.05, 4.69) is 5.32 Å². The largest absolute Gasteiger partial charge is 0.481 e. The van der Waals surface area contributed by atoms with Crippen LogP contribution in [0.1, 0.15) is 32.1 Å². The summed E-state index contributed by atoms with van der Waals surface area (Å²) >= 11 is 0. The van der Waals surface area contributed by atoms with Crippen LogP contribution in [0.3, 0.4) is 0 Å². The quantitative estimate of drug-likeness (QED) is 0.673. The summed E-state index contributed by atoms with van der Waals surface area (Å²) in [6, 6.07) is 0. The van der Waals surface area contributed by atoms with Gasteiger partial charge in [0.15, 0.2) is 0 Å². The smallest absolute Gasteiger partial charge is 0.303 e. The van der Waals surface area contributed by atoms with E-state index < -0.39 is 5.97 Å². The lowest BCUT2D eigenvalue weighted by atomic mass is 9.94. The van der Waals surface area contributed by atoms with Gasteiger partial charge in [0.1, 0.15) is 0 Å². The molecule has 1 atom stereocenters. The number of rotatable bonds is 6. The van der Waals surface area contributed by atoms with Crippen molar-refractivity contribution < 1.29 is 14.7 Å². The number of carboxylic acid groups (broad SMARTS) is 1. The molecule has 1 unspecified atom stereocenters. The van der Waals surface area contributed by atoms with Gasteiger partial charge in [-0.1, -0.05) is 0 Å². The molecule has 1 heterocycles. The molecule has 98 valence electrons. The third-order valence-corrected chi connectivity index (χ3v) is 3.15. The molecule has 1 aliphatic rings. The summed E-state index contributed by atoms with van der Waals surface area (Å²) in [6.45, 7) is 2.25. The molecule has 17 heavy (non-hydrogen) atoms. The summed E-state index contributed by atoms with van der Waals surface area (Å²) < 4.78 is 0. The summed E-state index contributed by atoms with van der Waals surface area (Å²) in [6.07, 6.45) is 3.43. The van der Waals surface area contributed by atoms with Gasteiger partial charge in [0.25, 0.3) is 0 Å². The van der Waals surface area contributed by atoms with Crippen LogP contribution in [0.25, 0.3) is 0 Å². The molecule has 0 aromatic heterocycles. The SMILES string of the molecule is CNCCCC(=O)N1CCCC(CC(=O)O)C1. The van der Waals surface area contributed by atoms with Crippen LogP contribution in [0, 0.1) is 5.92 Å². The second-order valence-corrected chi connectivity index (χ2v) is 4.65. The van der Waals surface area contributed by atoms with Crippen LogP contribution in [0.15, 0.2) is 0 Å². The monoisotopic (exact) mass is 242 g/mol. The van der Waals surface area contributed by atoms with E-state index in [-0.39, 0.29) is 18.2 Å². The average molecular weight is 242 g/mol. The fourth-order valence-corrected chi connectivity index (χ4v) is 2.28. The van der Waals surface area contributed by atoms with Crippen LogP contribution in [-0.2, 0) is 9.59 Å². The van der Waals surface area contributed by atoms with Gasteiger partial charge in [-0.25, -0.2) is 0 Å². The van der Waals surface area contributed by atoms with Gasteiger partial charge in [-0.2, -0.15) is 0 Å². The molecule has 2 N–H and O–H groups in total. The van der Waals surface area contributed by atoms with Gasteiger partial charge in [-0.05, 0) is 38.8 Å². The van der Waals surface area contributed by atoms with Gasteiger partial charge >= 0.3 is 5.97 Å². The first-order valence-corrected chi connectivity index (χ1v) is 6.27. The van der Waals surface area contributed by atoms with Crippen LogP contribution < -0.4 is 5.32 Å². The van der Waals surface area contributed by atoms with Crippen molar-refractivity contribution in [3.63, 3.8) is 0 Å². The number of piperidine rings is 1. The number of amides is 1. The maximum atomic E-state index is 11.9. The number of carbonyl (C=O) groups excluding carboxylic acids is 1. The Labute approximate surface area is 102 Å². The number of carboxylic acids is 1. The van der Waals surface area contributed by atoms with Crippen LogP contribution in [0.2, 0.25) is 0 Å². The molecular formula is C12H22N2O3. The maximum Gasteiger partial charge on any atom is 0.303 e. The van der Waals surface area contributed by atoms with Crippen molar-refractivity contribution in [2.75, 3.05) is 26.7 Å². The zero-order chi connectivity index (χ0) is 12.7. The second-order valence-electron chi connectivity index (χ2n) is 4.65. The number of hydrogen-bond acceptors (Lipinski definition) is 3. The lowest BCUT2D eigenvalue weighted by Crippen LogP contribution is -2.40. The molecule has 0 aliphatic carbocycles. The molecule has 0 radical (unpaired) electrons. The zero-order valence-electron chi connectivity index (χ0n) is 10.4. The molecular weight excluding hydrogens is 220 g/mol. The maximum absolute atomic E-state index is 11.9. The third kappa shape index (κ3) is 5.17. The molecule has 0 aromatic carbocycles. The van der Waals surface area contributed by atoms with E-state index in [1.165, 1.54) is 0 Å². The number of carbonyl (C=O) groups is 2. The first-order valence-electron chi connectivity index (χ1n) is 6.27. The molecule has 5 nitrogen and oxygen atoms in total. The minimum Gasteiger partial charge on any atom is -0.481 e. The van der Waals surface area contributed by atoms with Crippen LogP contribution in [0.5, 0.6) is 0 Å². The highest BCUT2D eigenvalue weighted by atomic mass is 16.4. The highest BCUT2D eigenvalue weighted by molar-refractivity contribution is 5.76. The van der Waals surface area contributed by atoms with Gasteiger partial charge in [0.05, 0.1) is 0 Å². The highest BCUT2D eigenvalue weighted by Crippen LogP contribution is 2.20. The predicted octanol–water partition coefficient (Wildman–Crippen LogP) is 0.699. The van der Waals surface area contributed by atoms with Gasteiger partial charge in [0.2, 0.25) is 5.91 Å². The lowest BCUT2D eigenvalue weighted by Gasteiger charge is -2.32. The molecule has 1 fully saturated rings. The molecule has 1 amide bonds. The number of nitrogens with one attached hydrogen (secondary N) is 1. The van der Waals surface area contributed by atoms with Crippen molar-refractivity contribution in [2.24, 2.45) is 5.92 Å². The van der Waals surface area contributed by atoms with Crippen molar-refractivity contribution in [1.82, 2.24) is 10.2 Å². The number of aliphatic carboxylic acids is 1. The first kappa shape index (κ1) is 14.0. The number of likely N-dealkylation sites (tertiary alicyclic amines) is 1. The normalized spacial score (nSPS) is 20.3. The van der Waals surface area contributed by atoms with Gasteiger partial charge < -0.3 is 15.3 Å². The summed E-state index contributed by atoms with van der Waals surface area (Å²) in [4.78, 5) is 24.3. The summed E-state index contributed by atoms with van der Waals surface area (Å²) in [5, 5.41) is 11.8. The standard InChI is InChI=1S/C12H22N2O3/c1-13-6-2-5-11(15)14-7-3-4-10(9-14)8-12(16)17/h10,13H,2-9H2,1H3,(H,16,17). The van der Waals surface area contributed by atoms with Crippen molar-refractivity contribution in [3.05, 3.63) is 0 Å². The Balaban J connectivity index is 2.32. The van der Waals surface area contributed by atoms with Gasteiger partial charge in [0, 0.05) is 25.9 Å². The molecule has 0 spiro atoms. The summed E-state index contributed by atoms with van der Waals surface area (Å²) in [5.74, 6) is -0.468. The molecule has 1 rings (SSSR count). The van der Waals surface area contributed by atoms with E-state index in [0.717, 1.165) is 32.4 Å². The Bertz CT molecular complexity index is 268. The van der Waals surface area contributed by atoms with E-state index in [9.17, 15) is 9.59 Å². The Morgan fingerprint density at radius 2 is 2.24 bits per heavy atom. The molecule has 1 aliphatic heterocycles. The van der Waals surface area contributed by atoms with Crippen molar-refractivity contribution >= 4 is 11.9 Å². The van der Waals surface area contributed by atoms with Crippen LogP contribution >= 0.6 is 0 Å². The first-order chi connectivity index (χ1) is 8.13. The topological polar surface area (TPSA) is 69.6 Å². The minimum absolute atomic E-state index is 0.134. The fraction of sp³-hybridized carbons (Fsp3) is 0.833. The van der Waals surface area contributed by atoms with E-state index in [1.54, 1.807) is 0 Å². The molecule has 0 saturated carbocycles. The minimum atomic E-state index is -0.764. The van der Waals surface area contributed by atoms with Gasteiger partial charge in [-0.15, -0.1) is 0 Å². The molecule has 0 aromatic rings. The molecule has 5 heteroatoms. The lowest BCUT2D eigenvalue weighted by molar-refractivity contribution is -0.140. The zero-order valence-corrected chi connectivity index (χ0v) is 10.4. The fourth-order valence-electron chi connectivity index (χ4n) is 2.28. The number of nitrogens with zero attached hydrogens (tertiary/aromatic N) is 1. The Morgan fingerprint density at radius 3 is 2.88 bits per heavy atom. The second kappa shape index (κ2) is 7.27. The van der Waals surface area contributed by atoms with E-state index in [4.69, 9.17) is 5.11 Å². The molecule has 1 saturated heterocycles. The van der Waals surface area contributed by atoms with Crippen molar-refractivity contribution in [3.8, 4) is 0 Å². The van der Waals surface area contributed by atoms with Crippen LogP contribution in [0.4, 0.5) is 0 Å². The summed E-state index contributed by atoms with van der Waals surface area (Å²) in [7, 11) is 1.87. The van der Waals surface area contributed by atoms with E-state index >= 15 is 0 Å². The Hall–Kier alpha value is -1.10. The Morgan fingerprint density at radius 1 is 1.47 bits per heavy atom. The van der Waals surface area contributed by atoms with Crippen molar-refractivity contribution in [2.45, 2.75) is 32.1 Å². The third-order valence-electron chi connectivity index (χ3n) is 3.15. The van der Waals surface area contributed by atoms with E-state index in [1.807, 2.05) is 11.9 Å². The average Bonchev–Trinajstić information content (AvgIpc) is 2.28. The van der Waals surface area contributed by atoms with Crippen molar-refractivity contribution in [1.29, 1.82) is 0 Å². The predicted molar refractivity (Wildman–Crippen MR) is 64.7 cm³/mol. The van der Waals surface area contributed by atoms with Gasteiger partial charge in [-0.3, -0.25) is 9.59 Å². The summed E-state index contributed by atoms with van der Waals surface area (Å²) in [5.41, 5.74) is 0. The van der Waals surface area contributed by atoms with E-state index in [0.29, 0.717) is 13.0 Å². The highest BCUT2D eigenvalue weighted by Gasteiger charge is 2.24. The Kier molecular flexibility index (Phi) is 5.97. The molecule has 0 bridgehead atoms. The van der Waals surface area contributed by atoms with Crippen LogP contribution in [-0.4, -0.2) is 48.6 Å². The number of hydrogen-bond donors (Lipinski definition) is 2.